The summed E-state index contributed by atoms with van der Waals surface area (Å²) in [5.41, 5.74) is 2.10. The lowest BCUT2D eigenvalue weighted by Gasteiger charge is -2.36. The van der Waals surface area contributed by atoms with Crippen molar-refractivity contribution in [2.24, 2.45) is 0 Å². The summed E-state index contributed by atoms with van der Waals surface area (Å²) in [5.74, 6) is 6.03. The van der Waals surface area contributed by atoms with Crippen molar-refractivity contribution in [3.05, 3.63) is 69.2 Å². The highest BCUT2D eigenvalue weighted by atomic mass is 35.5. The number of benzene rings is 2. The number of hydrogen-bond donors (Lipinski definition) is 3. The van der Waals surface area contributed by atoms with Crippen LogP contribution < -0.4 is 0 Å². The first-order chi connectivity index (χ1) is 12.5. The summed E-state index contributed by atoms with van der Waals surface area (Å²) in [5, 5.41) is 30.6. The Morgan fingerprint density at radius 1 is 1.00 bits per heavy atom. The van der Waals surface area contributed by atoms with E-state index >= 15 is 0 Å². The summed E-state index contributed by atoms with van der Waals surface area (Å²) in [7, 11) is 0. The normalized spacial score (nSPS) is 25.4. The van der Waals surface area contributed by atoms with Crippen LogP contribution in [0.4, 0.5) is 0 Å². The Bertz CT molecular complexity index is 823. The predicted molar refractivity (Wildman–Crippen MR) is 100 cm³/mol. The lowest BCUT2D eigenvalue weighted by Crippen LogP contribution is -2.44. The van der Waals surface area contributed by atoms with Gasteiger partial charge in [-0.1, -0.05) is 47.2 Å². The van der Waals surface area contributed by atoms with Crippen molar-refractivity contribution in [1.82, 2.24) is 0 Å². The maximum atomic E-state index is 10.2. The van der Waals surface area contributed by atoms with Crippen molar-refractivity contribution in [3.8, 4) is 11.8 Å². The smallest absolute Gasteiger partial charge is 0.111 e. The van der Waals surface area contributed by atoms with Gasteiger partial charge in [-0.15, -0.1) is 0 Å². The zero-order chi connectivity index (χ0) is 18.7. The molecule has 0 bridgehead atoms. The quantitative estimate of drug-likeness (QED) is 0.687. The lowest BCUT2D eigenvalue weighted by atomic mass is 9.92. The number of ether oxygens (including phenoxy) is 1. The number of rotatable bonds is 2. The van der Waals surface area contributed by atoms with Crippen LogP contribution in [0.25, 0.3) is 0 Å². The van der Waals surface area contributed by atoms with Crippen LogP contribution in [0, 0.1) is 11.8 Å². The van der Waals surface area contributed by atoms with Crippen molar-refractivity contribution >= 4 is 23.2 Å². The molecular formula is C20H18Cl2O4. The van der Waals surface area contributed by atoms with Crippen molar-refractivity contribution < 1.29 is 20.1 Å². The van der Waals surface area contributed by atoms with E-state index < -0.39 is 24.4 Å². The molecule has 4 atom stereocenters. The van der Waals surface area contributed by atoms with Gasteiger partial charge >= 0.3 is 0 Å². The van der Waals surface area contributed by atoms with Gasteiger partial charge in [0.2, 0.25) is 0 Å². The van der Waals surface area contributed by atoms with E-state index in [4.69, 9.17) is 27.9 Å². The first-order valence-electron chi connectivity index (χ1n) is 8.17. The monoisotopic (exact) mass is 392 g/mol. The summed E-state index contributed by atoms with van der Waals surface area (Å²) in [4.78, 5) is 0. The van der Waals surface area contributed by atoms with E-state index in [1.54, 1.807) is 36.4 Å². The molecule has 2 aromatic rings. The molecule has 1 heterocycles. The van der Waals surface area contributed by atoms with Crippen LogP contribution in [0.3, 0.4) is 0 Å². The van der Waals surface area contributed by atoms with E-state index in [0.717, 1.165) is 5.56 Å². The zero-order valence-electron chi connectivity index (χ0n) is 13.8. The molecule has 1 aliphatic rings. The van der Waals surface area contributed by atoms with Gasteiger partial charge in [-0.05, 0) is 35.9 Å². The second-order valence-corrected chi connectivity index (χ2v) is 7.06. The van der Waals surface area contributed by atoms with Crippen molar-refractivity contribution in [3.63, 3.8) is 0 Å². The van der Waals surface area contributed by atoms with Crippen molar-refractivity contribution in [2.45, 2.75) is 30.8 Å². The first-order valence-corrected chi connectivity index (χ1v) is 8.92. The van der Waals surface area contributed by atoms with E-state index in [9.17, 15) is 15.3 Å². The Balaban J connectivity index is 1.85. The highest BCUT2D eigenvalue weighted by Gasteiger charge is 2.37. The van der Waals surface area contributed by atoms with Gasteiger partial charge in [0, 0.05) is 27.6 Å². The molecule has 4 nitrogen and oxygen atoms in total. The number of aliphatic hydroxyl groups is 3. The zero-order valence-corrected chi connectivity index (χ0v) is 15.3. The molecule has 0 saturated carbocycles. The standard InChI is InChI=1S/C20H18Cl2O4/c21-15-7-13(8-16(22)9-15)5-4-12-2-1-3-14(6-12)20-19(25)18(24)10-17(11-23)26-20/h1-3,6-9,17-20,23-25H,10-11H2/t17-,18-,19-,20+/m0/s1. The summed E-state index contributed by atoms with van der Waals surface area (Å²) in [6.07, 6.45) is -3.05. The number of aliphatic hydroxyl groups excluding tert-OH is 3. The molecule has 3 rings (SSSR count). The Kier molecular flexibility index (Phi) is 6.20. The van der Waals surface area contributed by atoms with Gasteiger partial charge in [0.25, 0.3) is 0 Å². The maximum absolute atomic E-state index is 10.2. The molecule has 1 fully saturated rings. The lowest BCUT2D eigenvalue weighted by molar-refractivity contribution is -0.179. The van der Waals surface area contributed by atoms with Crippen LogP contribution in [0.15, 0.2) is 42.5 Å². The van der Waals surface area contributed by atoms with Gasteiger partial charge in [-0.25, -0.2) is 0 Å². The van der Waals surface area contributed by atoms with Crippen LogP contribution in [0.1, 0.15) is 29.2 Å². The van der Waals surface area contributed by atoms with Crippen LogP contribution in [0.2, 0.25) is 10.0 Å². The second kappa shape index (κ2) is 8.41. The van der Waals surface area contributed by atoms with E-state index in [1.165, 1.54) is 0 Å². The third-order valence-electron chi connectivity index (χ3n) is 4.18. The fraction of sp³-hybridized carbons (Fsp3) is 0.300. The maximum Gasteiger partial charge on any atom is 0.111 e. The molecule has 0 aromatic heterocycles. The Morgan fingerprint density at radius 3 is 2.38 bits per heavy atom. The van der Waals surface area contributed by atoms with E-state index in [-0.39, 0.29) is 13.0 Å². The van der Waals surface area contributed by atoms with Crippen molar-refractivity contribution in [2.75, 3.05) is 6.61 Å². The van der Waals surface area contributed by atoms with Gasteiger partial charge < -0.3 is 20.1 Å². The molecule has 0 unspecified atom stereocenters. The summed E-state index contributed by atoms with van der Waals surface area (Å²) in [6, 6.07) is 12.3. The molecule has 26 heavy (non-hydrogen) atoms. The summed E-state index contributed by atoms with van der Waals surface area (Å²) >= 11 is 12.0. The summed E-state index contributed by atoms with van der Waals surface area (Å²) in [6.45, 7) is -0.213. The predicted octanol–water partition coefficient (Wildman–Crippen LogP) is 2.94. The highest BCUT2D eigenvalue weighted by Crippen LogP contribution is 2.32. The molecule has 3 N–H and O–H groups in total. The minimum atomic E-state index is -1.06. The average molecular weight is 393 g/mol. The van der Waals surface area contributed by atoms with Gasteiger partial charge in [-0.3, -0.25) is 0 Å². The largest absolute Gasteiger partial charge is 0.394 e. The van der Waals surface area contributed by atoms with Crippen LogP contribution >= 0.6 is 23.2 Å². The molecule has 0 amide bonds. The molecule has 136 valence electrons. The SMILES string of the molecule is OC[C@@H]1C[C@H](O)[C@H](O)[C@@H](c2cccc(C#Cc3cc(Cl)cc(Cl)c3)c2)O1. The van der Waals surface area contributed by atoms with Gasteiger partial charge in [0.05, 0.1) is 18.8 Å². The molecule has 0 spiro atoms. The van der Waals surface area contributed by atoms with E-state index in [1.807, 2.05) is 6.07 Å². The molecule has 1 saturated heterocycles. The minimum absolute atomic E-state index is 0.198. The van der Waals surface area contributed by atoms with Crippen LogP contribution in [-0.2, 0) is 4.74 Å². The van der Waals surface area contributed by atoms with Gasteiger partial charge in [0.15, 0.2) is 0 Å². The van der Waals surface area contributed by atoms with Crippen LogP contribution in [0.5, 0.6) is 0 Å². The number of hydrogen-bond acceptors (Lipinski definition) is 4. The van der Waals surface area contributed by atoms with Gasteiger partial charge in [0.1, 0.15) is 12.2 Å². The topological polar surface area (TPSA) is 69.9 Å². The van der Waals surface area contributed by atoms with Crippen LogP contribution in [-0.4, -0.2) is 40.2 Å². The fourth-order valence-electron chi connectivity index (χ4n) is 2.91. The molecule has 6 heteroatoms. The van der Waals surface area contributed by atoms with E-state index in [0.29, 0.717) is 21.2 Å². The van der Waals surface area contributed by atoms with Gasteiger partial charge in [-0.2, -0.15) is 0 Å². The average Bonchev–Trinajstić information content (AvgIpc) is 2.61. The molecule has 0 aliphatic carbocycles. The fourth-order valence-corrected chi connectivity index (χ4v) is 3.44. The summed E-state index contributed by atoms with van der Waals surface area (Å²) < 4.78 is 5.71. The number of halogens is 2. The molecule has 1 aliphatic heterocycles. The molecule has 2 aromatic carbocycles. The van der Waals surface area contributed by atoms with E-state index in [2.05, 4.69) is 11.8 Å². The first kappa shape index (κ1) is 19.2. The third-order valence-corrected chi connectivity index (χ3v) is 4.62. The minimum Gasteiger partial charge on any atom is -0.394 e. The molecule has 0 radical (unpaired) electrons. The Labute approximate surface area is 162 Å². The Morgan fingerprint density at radius 2 is 1.69 bits per heavy atom. The molecular weight excluding hydrogens is 375 g/mol. The third kappa shape index (κ3) is 4.57. The Hall–Kier alpha value is -1.58. The highest BCUT2D eigenvalue weighted by molar-refractivity contribution is 6.34. The second-order valence-electron chi connectivity index (χ2n) is 6.19. The van der Waals surface area contributed by atoms with Crippen molar-refractivity contribution in [1.29, 1.82) is 0 Å².